The van der Waals surface area contributed by atoms with Crippen LogP contribution in [-0.4, -0.2) is 41.4 Å². The molecule has 1 atom stereocenters. The minimum absolute atomic E-state index is 0. The lowest BCUT2D eigenvalue weighted by atomic mass is 10.0. The molecule has 2 aliphatic rings. The van der Waals surface area contributed by atoms with Gasteiger partial charge in [0, 0.05) is 36.2 Å². The number of piperidine rings is 1. The van der Waals surface area contributed by atoms with Gasteiger partial charge in [-0.05, 0) is 37.0 Å². The molecule has 0 spiro atoms. The van der Waals surface area contributed by atoms with Crippen molar-refractivity contribution in [1.82, 2.24) is 4.90 Å². The molecule has 6 heteroatoms. The summed E-state index contributed by atoms with van der Waals surface area (Å²) in [6.45, 7) is 1.41. The summed E-state index contributed by atoms with van der Waals surface area (Å²) in [5, 5.41) is 0. The third-order valence-corrected chi connectivity index (χ3v) is 7.32. The van der Waals surface area contributed by atoms with Crippen molar-refractivity contribution in [2.75, 3.05) is 24.6 Å². The van der Waals surface area contributed by atoms with Crippen molar-refractivity contribution < 1.29 is 4.79 Å². The van der Waals surface area contributed by atoms with Gasteiger partial charge in [0.1, 0.15) is 0 Å². The van der Waals surface area contributed by atoms with Crippen LogP contribution in [-0.2, 0) is 0 Å². The molecule has 2 fully saturated rings. The first-order valence-corrected chi connectivity index (χ1v) is 9.73. The third kappa shape index (κ3) is 3.94. The molecule has 3 rings (SSSR count). The fraction of sp³-hybridized carbons (Fsp3) is 0.562. The Bertz CT molecular complexity index is 491. The highest BCUT2D eigenvalue weighted by Gasteiger charge is 2.26. The largest absolute Gasteiger partial charge is 0.334 e. The SMILES string of the molecule is Cl.NCC1CCCCN1C(=O)c1ccc(C2SCCS2)cc1. The van der Waals surface area contributed by atoms with Gasteiger partial charge < -0.3 is 10.6 Å². The first-order chi connectivity index (χ1) is 10.3. The van der Waals surface area contributed by atoms with Crippen LogP contribution in [0.3, 0.4) is 0 Å². The second-order valence-electron chi connectivity index (χ2n) is 5.58. The smallest absolute Gasteiger partial charge is 0.254 e. The van der Waals surface area contributed by atoms with Gasteiger partial charge in [0.2, 0.25) is 0 Å². The van der Waals surface area contributed by atoms with Crippen molar-refractivity contribution in [3.05, 3.63) is 35.4 Å². The normalized spacial score (nSPS) is 22.4. The summed E-state index contributed by atoms with van der Waals surface area (Å²) >= 11 is 3.99. The molecule has 0 aromatic heterocycles. The van der Waals surface area contributed by atoms with Crippen molar-refractivity contribution in [2.24, 2.45) is 5.73 Å². The topological polar surface area (TPSA) is 46.3 Å². The van der Waals surface area contributed by atoms with Gasteiger partial charge in [0.25, 0.3) is 5.91 Å². The Morgan fingerprint density at radius 3 is 2.50 bits per heavy atom. The maximum Gasteiger partial charge on any atom is 0.254 e. The maximum absolute atomic E-state index is 12.7. The van der Waals surface area contributed by atoms with Crippen molar-refractivity contribution in [2.45, 2.75) is 29.9 Å². The molecule has 1 unspecified atom stereocenters. The number of halogens is 1. The van der Waals surface area contributed by atoms with Gasteiger partial charge in [0.05, 0.1) is 4.58 Å². The predicted molar refractivity (Wildman–Crippen MR) is 99.1 cm³/mol. The molecule has 2 heterocycles. The molecule has 3 nitrogen and oxygen atoms in total. The van der Waals surface area contributed by atoms with Crippen LogP contribution in [0.4, 0.5) is 0 Å². The number of nitrogens with zero attached hydrogens (tertiary/aromatic N) is 1. The monoisotopic (exact) mass is 358 g/mol. The van der Waals surface area contributed by atoms with E-state index >= 15 is 0 Å². The highest BCUT2D eigenvalue weighted by molar-refractivity contribution is 8.19. The first kappa shape index (κ1) is 18.0. The molecular formula is C16H23ClN2OS2. The Kier molecular flexibility index (Phi) is 6.93. The van der Waals surface area contributed by atoms with E-state index in [0.717, 1.165) is 24.9 Å². The second-order valence-corrected chi connectivity index (χ2v) is 8.30. The van der Waals surface area contributed by atoms with Crippen LogP contribution < -0.4 is 5.73 Å². The molecule has 122 valence electrons. The molecule has 22 heavy (non-hydrogen) atoms. The fourth-order valence-electron chi connectivity index (χ4n) is 3.01. The van der Waals surface area contributed by atoms with E-state index in [9.17, 15) is 4.79 Å². The van der Waals surface area contributed by atoms with Crippen molar-refractivity contribution >= 4 is 41.8 Å². The number of hydrogen-bond donors (Lipinski definition) is 1. The van der Waals surface area contributed by atoms with E-state index in [1.54, 1.807) is 0 Å². The van der Waals surface area contributed by atoms with E-state index in [1.165, 1.54) is 23.5 Å². The van der Waals surface area contributed by atoms with Crippen LogP contribution in [0.2, 0.25) is 0 Å². The molecule has 2 N–H and O–H groups in total. The van der Waals surface area contributed by atoms with E-state index in [2.05, 4.69) is 12.1 Å². The highest BCUT2D eigenvalue weighted by atomic mass is 35.5. The van der Waals surface area contributed by atoms with Crippen LogP contribution >= 0.6 is 35.9 Å². The summed E-state index contributed by atoms with van der Waals surface area (Å²) in [4.78, 5) is 14.6. The van der Waals surface area contributed by atoms with E-state index in [4.69, 9.17) is 5.73 Å². The van der Waals surface area contributed by atoms with Crippen LogP contribution in [0.25, 0.3) is 0 Å². The Labute approximate surface area is 147 Å². The zero-order valence-electron chi connectivity index (χ0n) is 12.6. The summed E-state index contributed by atoms with van der Waals surface area (Å²) in [7, 11) is 0. The highest BCUT2D eigenvalue weighted by Crippen LogP contribution is 2.45. The second kappa shape index (κ2) is 8.48. The fourth-order valence-corrected chi connectivity index (χ4v) is 5.87. The number of carbonyl (C=O) groups is 1. The van der Waals surface area contributed by atoms with Crippen molar-refractivity contribution in [3.63, 3.8) is 0 Å². The number of thioether (sulfide) groups is 2. The molecule has 0 saturated carbocycles. The maximum atomic E-state index is 12.7. The van der Waals surface area contributed by atoms with Crippen LogP contribution in [0, 0.1) is 0 Å². The van der Waals surface area contributed by atoms with E-state index in [0.29, 0.717) is 11.1 Å². The number of nitrogens with two attached hydrogens (primary N) is 1. The van der Waals surface area contributed by atoms with Crippen LogP contribution in [0.15, 0.2) is 24.3 Å². The summed E-state index contributed by atoms with van der Waals surface area (Å²) in [6.07, 6.45) is 3.31. The first-order valence-electron chi connectivity index (χ1n) is 7.64. The van der Waals surface area contributed by atoms with Gasteiger partial charge in [-0.15, -0.1) is 35.9 Å². The summed E-state index contributed by atoms with van der Waals surface area (Å²) in [5.74, 6) is 2.59. The molecule has 1 aromatic rings. The summed E-state index contributed by atoms with van der Waals surface area (Å²) < 4.78 is 0.543. The third-order valence-electron chi connectivity index (χ3n) is 4.21. The van der Waals surface area contributed by atoms with Gasteiger partial charge in [0.15, 0.2) is 0 Å². The number of rotatable bonds is 3. The Balaban J connectivity index is 0.00000176. The lowest BCUT2D eigenvalue weighted by molar-refractivity contribution is 0.0623. The average Bonchev–Trinajstić information content (AvgIpc) is 3.09. The van der Waals surface area contributed by atoms with Crippen LogP contribution in [0.5, 0.6) is 0 Å². The van der Waals surface area contributed by atoms with E-state index < -0.39 is 0 Å². The number of amides is 1. The molecule has 1 amide bonds. The number of likely N-dealkylation sites (tertiary alicyclic amines) is 1. The average molecular weight is 359 g/mol. The van der Waals surface area contributed by atoms with Gasteiger partial charge in [-0.1, -0.05) is 12.1 Å². The molecule has 0 radical (unpaired) electrons. The summed E-state index contributed by atoms with van der Waals surface area (Å²) in [6, 6.07) is 8.42. The quantitative estimate of drug-likeness (QED) is 0.897. The molecular weight excluding hydrogens is 336 g/mol. The zero-order chi connectivity index (χ0) is 14.7. The van der Waals surface area contributed by atoms with Crippen LogP contribution in [0.1, 0.15) is 39.8 Å². The summed E-state index contributed by atoms with van der Waals surface area (Å²) in [5.41, 5.74) is 7.94. The zero-order valence-corrected chi connectivity index (χ0v) is 15.0. The Morgan fingerprint density at radius 1 is 1.18 bits per heavy atom. The van der Waals surface area contributed by atoms with E-state index in [1.807, 2.05) is 40.6 Å². The van der Waals surface area contributed by atoms with Crippen molar-refractivity contribution in [3.8, 4) is 0 Å². The Hall–Kier alpha value is -0.360. The number of benzene rings is 1. The Morgan fingerprint density at radius 2 is 1.86 bits per heavy atom. The number of carbonyl (C=O) groups excluding carboxylic acids is 1. The van der Waals surface area contributed by atoms with Gasteiger partial charge in [-0.25, -0.2) is 0 Å². The van der Waals surface area contributed by atoms with Gasteiger partial charge in [-0.2, -0.15) is 0 Å². The molecule has 0 aliphatic carbocycles. The molecule has 1 aromatic carbocycles. The van der Waals surface area contributed by atoms with Crippen molar-refractivity contribution in [1.29, 1.82) is 0 Å². The minimum Gasteiger partial charge on any atom is -0.334 e. The molecule has 0 bridgehead atoms. The van der Waals surface area contributed by atoms with Gasteiger partial charge in [-0.3, -0.25) is 4.79 Å². The van der Waals surface area contributed by atoms with E-state index in [-0.39, 0.29) is 24.4 Å². The molecule has 2 saturated heterocycles. The van der Waals surface area contributed by atoms with Gasteiger partial charge >= 0.3 is 0 Å². The lowest BCUT2D eigenvalue weighted by Gasteiger charge is -2.35. The number of hydrogen-bond acceptors (Lipinski definition) is 4. The standard InChI is InChI=1S/C16H22N2OS2.ClH/c17-11-14-3-1-2-8-18(14)15(19)12-4-6-13(7-5-12)16-20-9-10-21-16;/h4-7,14,16H,1-3,8-11,17H2;1H. The predicted octanol–water partition coefficient (Wildman–Crippen LogP) is 3.54. The molecule has 2 aliphatic heterocycles. The minimum atomic E-state index is 0. The lowest BCUT2D eigenvalue weighted by Crippen LogP contribution is -2.47.